The fourth-order valence-electron chi connectivity index (χ4n) is 3.78. The van der Waals surface area contributed by atoms with Crippen LogP contribution in [0.1, 0.15) is 21.7 Å². The Kier molecular flexibility index (Phi) is 5.84. The third-order valence-electron chi connectivity index (χ3n) is 5.49. The van der Waals surface area contributed by atoms with Crippen molar-refractivity contribution in [3.05, 3.63) is 81.8 Å². The van der Waals surface area contributed by atoms with Crippen LogP contribution in [0.25, 0.3) is 5.69 Å². The van der Waals surface area contributed by atoms with Gasteiger partial charge in [-0.3, -0.25) is 9.59 Å². The van der Waals surface area contributed by atoms with Crippen LogP contribution in [0.4, 0.5) is 18.9 Å². The zero-order valence-electron chi connectivity index (χ0n) is 17.7. The van der Waals surface area contributed by atoms with E-state index in [4.69, 9.17) is 0 Å². The Balaban J connectivity index is 1.57. The van der Waals surface area contributed by atoms with Gasteiger partial charge in [0.25, 0.3) is 5.91 Å². The first-order chi connectivity index (χ1) is 15.6. The molecule has 172 valence electrons. The van der Waals surface area contributed by atoms with Crippen LogP contribution in [0.3, 0.4) is 0 Å². The fraction of sp³-hybridized carbons (Fsp3) is 0.261. The number of carbonyl (C=O) groups excluding carboxylic acids is 1. The molecule has 1 amide bonds. The van der Waals surface area contributed by atoms with Crippen molar-refractivity contribution in [1.82, 2.24) is 14.7 Å². The van der Waals surface area contributed by atoms with Crippen molar-refractivity contribution in [1.29, 1.82) is 0 Å². The van der Waals surface area contributed by atoms with E-state index in [0.29, 0.717) is 31.9 Å². The van der Waals surface area contributed by atoms with Gasteiger partial charge in [0.05, 0.1) is 11.3 Å². The molecule has 1 N–H and O–H groups in total. The number of amides is 1. The van der Waals surface area contributed by atoms with Gasteiger partial charge < -0.3 is 14.9 Å². The predicted octanol–water partition coefficient (Wildman–Crippen LogP) is 3.23. The lowest BCUT2D eigenvalue weighted by Crippen LogP contribution is -2.50. The molecule has 3 aromatic rings. The number of benzene rings is 2. The van der Waals surface area contributed by atoms with Crippen molar-refractivity contribution in [2.75, 3.05) is 31.1 Å². The van der Waals surface area contributed by atoms with Crippen molar-refractivity contribution in [2.24, 2.45) is 0 Å². The number of nitrogens with zero attached hydrogens (tertiary/aromatic N) is 4. The van der Waals surface area contributed by atoms with Crippen LogP contribution in [0.2, 0.25) is 0 Å². The quantitative estimate of drug-likeness (QED) is 0.652. The summed E-state index contributed by atoms with van der Waals surface area (Å²) in [6.07, 6.45) is -4.53. The number of phenolic OH excluding ortho intramolecular Hbond substituents is 1. The van der Waals surface area contributed by atoms with Gasteiger partial charge in [-0.2, -0.15) is 18.3 Å². The largest absolute Gasteiger partial charge is 0.508 e. The molecule has 0 unspecified atom stereocenters. The van der Waals surface area contributed by atoms with E-state index >= 15 is 0 Å². The summed E-state index contributed by atoms with van der Waals surface area (Å²) >= 11 is 0. The smallest absolute Gasteiger partial charge is 0.416 e. The molecule has 0 saturated carbocycles. The maximum Gasteiger partial charge on any atom is 0.416 e. The number of hydrogen-bond donors (Lipinski definition) is 1. The lowest BCUT2D eigenvalue weighted by molar-refractivity contribution is -0.137. The first kappa shape index (κ1) is 22.4. The number of carbonyl (C=O) groups is 1. The average molecular weight is 458 g/mol. The SMILES string of the molecule is Cc1cc(=O)c(C(=O)N2CCN(c3cccc(O)c3)CC2)nn1-c1cccc(C(F)(F)F)c1. The molecule has 2 aromatic carbocycles. The molecule has 10 heteroatoms. The monoisotopic (exact) mass is 458 g/mol. The summed E-state index contributed by atoms with van der Waals surface area (Å²) in [5, 5.41) is 13.8. The number of anilines is 1. The lowest BCUT2D eigenvalue weighted by atomic mass is 10.2. The summed E-state index contributed by atoms with van der Waals surface area (Å²) in [7, 11) is 0. The molecular formula is C23H21F3N4O3. The summed E-state index contributed by atoms with van der Waals surface area (Å²) < 4.78 is 40.5. The van der Waals surface area contributed by atoms with Crippen LogP contribution < -0.4 is 10.3 Å². The van der Waals surface area contributed by atoms with Crippen LogP contribution in [0, 0.1) is 6.92 Å². The zero-order valence-corrected chi connectivity index (χ0v) is 17.7. The van der Waals surface area contributed by atoms with Crippen LogP contribution >= 0.6 is 0 Å². The molecule has 0 aliphatic carbocycles. The van der Waals surface area contributed by atoms with Crippen molar-refractivity contribution in [3.8, 4) is 11.4 Å². The number of rotatable bonds is 3. The van der Waals surface area contributed by atoms with Crippen LogP contribution in [-0.2, 0) is 6.18 Å². The highest BCUT2D eigenvalue weighted by Gasteiger charge is 2.31. The van der Waals surface area contributed by atoms with Gasteiger partial charge in [0.15, 0.2) is 5.69 Å². The zero-order chi connectivity index (χ0) is 23.8. The normalized spacial score (nSPS) is 14.4. The minimum absolute atomic E-state index is 0.102. The topological polar surface area (TPSA) is 78.7 Å². The summed E-state index contributed by atoms with van der Waals surface area (Å²) in [6, 6.07) is 12.5. The number of aromatic nitrogens is 2. The first-order valence-corrected chi connectivity index (χ1v) is 10.3. The molecule has 1 aliphatic heterocycles. The van der Waals surface area contributed by atoms with E-state index < -0.39 is 23.1 Å². The van der Waals surface area contributed by atoms with Crippen LogP contribution in [0.15, 0.2) is 59.4 Å². The third-order valence-corrected chi connectivity index (χ3v) is 5.49. The van der Waals surface area contributed by atoms with E-state index in [9.17, 15) is 27.9 Å². The average Bonchev–Trinajstić information content (AvgIpc) is 2.78. The van der Waals surface area contributed by atoms with E-state index in [2.05, 4.69) is 5.10 Å². The maximum atomic E-state index is 13.1. The molecule has 33 heavy (non-hydrogen) atoms. The van der Waals surface area contributed by atoms with Crippen molar-refractivity contribution < 1.29 is 23.1 Å². The molecule has 4 rings (SSSR count). The Morgan fingerprint density at radius 2 is 1.64 bits per heavy atom. The molecule has 1 aliphatic rings. The van der Waals surface area contributed by atoms with Gasteiger partial charge in [0.2, 0.25) is 5.43 Å². The molecule has 0 radical (unpaired) electrons. The summed E-state index contributed by atoms with van der Waals surface area (Å²) in [4.78, 5) is 29.1. The second-order valence-corrected chi connectivity index (χ2v) is 7.76. The standard InChI is InChI=1S/C23H21F3N4O3/c1-15-12-20(32)21(27-30(15)18-6-2-4-16(13-18)23(24,25)26)22(33)29-10-8-28(9-11-29)17-5-3-7-19(31)14-17/h2-7,12-14,31H,8-11H2,1H3. The summed E-state index contributed by atoms with van der Waals surface area (Å²) in [5.41, 5.74) is -0.548. The Morgan fingerprint density at radius 1 is 0.970 bits per heavy atom. The van der Waals surface area contributed by atoms with Gasteiger partial charge in [0.1, 0.15) is 5.75 Å². The van der Waals surface area contributed by atoms with Crippen molar-refractivity contribution >= 4 is 11.6 Å². The van der Waals surface area contributed by atoms with Gasteiger partial charge in [-0.05, 0) is 37.3 Å². The second-order valence-electron chi connectivity index (χ2n) is 7.76. The van der Waals surface area contributed by atoms with Crippen molar-refractivity contribution in [3.63, 3.8) is 0 Å². The molecule has 0 atom stereocenters. The first-order valence-electron chi connectivity index (χ1n) is 10.3. The number of halogens is 3. The van der Waals surface area contributed by atoms with Gasteiger partial charge in [-0.15, -0.1) is 0 Å². The molecule has 7 nitrogen and oxygen atoms in total. The van der Waals surface area contributed by atoms with Gasteiger partial charge in [-0.25, -0.2) is 4.68 Å². The molecule has 0 spiro atoms. The van der Waals surface area contributed by atoms with Gasteiger partial charge in [-0.1, -0.05) is 12.1 Å². The molecular weight excluding hydrogens is 437 g/mol. The molecule has 1 aromatic heterocycles. The molecule has 0 bridgehead atoms. The van der Waals surface area contributed by atoms with Crippen LogP contribution in [0.5, 0.6) is 5.75 Å². The highest BCUT2D eigenvalue weighted by atomic mass is 19.4. The van der Waals surface area contributed by atoms with Crippen LogP contribution in [-0.4, -0.2) is 51.9 Å². The number of piperazine rings is 1. The second kappa shape index (κ2) is 8.61. The molecule has 1 fully saturated rings. The van der Waals surface area contributed by atoms with E-state index in [-0.39, 0.29) is 17.1 Å². The van der Waals surface area contributed by atoms with E-state index in [0.717, 1.165) is 17.8 Å². The molecule has 1 saturated heterocycles. The minimum atomic E-state index is -4.53. The highest BCUT2D eigenvalue weighted by Crippen LogP contribution is 2.30. The van der Waals surface area contributed by atoms with E-state index in [1.54, 1.807) is 18.2 Å². The maximum absolute atomic E-state index is 13.1. The Hall–Kier alpha value is -3.82. The number of aromatic hydroxyl groups is 1. The number of phenols is 1. The van der Waals surface area contributed by atoms with Gasteiger partial charge >= 0.3 is 6.18 Å². The third kappa shape index (κ3) is 4.69. The summed E-state index contributed by atoms with van der Waals surface area (Å²) in [6.45, 7) is 3.17. The van der Waals surface area contributed by atoms with Crippen molar-refractivity contribution in [2.45, 2.75) is 13.1 Å². The summed E-state index contributed by atoms with van der Waals surface area (Å²) in [5.74, 6) is -0.429. The number of aryl methyl sites for hydroxylation is 1. The Bertz CT molecular complexity index is 1250. The Labute approximate surface area is 187 Å². The molecule has 2 heterocycles. The lowest BCUT2D eigenvalue weighted by Gasteiger charge is -2.36. The highest BCUT2D eigenvalue weighted by molar-refractivity contribution is 5.92. The fourth-order valence-corrected chi connectivity index (χ4v) is 3.78. The Morgan fingerprint density at radius 3 is 2.30 bits per heavy atom. The number of alkyl halides is 3. The number of hydrogen-bond acceptors (Lipinski definition) is 5. The van der Waals surface area contributed by atoms with E-state index in [1.165, 1.54) is 34.7 Å². The predicted molar refractivity (Wildman–Crippen MR) is 116 cm³/mol. The minimum Gasteiger partial charge on any atom is -0.508 e. The van der Waals surface area contributed by atoms with E-state index in [1.807, 2.05) is 11.0 Å². The van der Waals surface area contributed by atoms with Gasteiger partial charge in [0, 0.05) is 49.7 Å².